The van der Waals surface area contributed by atoms with Gasteiger partial charge < -0.3 is 19.7 Å². The van der Waals surface area contributed by atoms with E-state index in [1.54, 1.807) is 0 Å². The van der Waals surface area contributed by atoms with Crippen LogP contribution < -0.4 is 0 Å². The van der Waals surface area contributed by atoms with Gasteiger partial charge in [-0.05, 0) is 18.3 Å². The van der Waals surface area contributed by atoms with E-state index in [4.69, 9.17) is 14.6 Å². The summed E-state index contributed by atoms with van der Waals surface area (Å²) in [7, 11) is 0. The fraction of sp³-hybridized carbons (Fsp3) is 0.812. The van der Waals surface area contributed by atoms with Crippen molar-refractivity contribution in [2.24, 2.45) is 5.41 Å². The molecule has 0 aromatic carbocycles. The lowest BCUT2D eigenvalue weighted by atomic mass is 9.99. The van der Waals surface area contributed by atoms with E-state index in [9.17, 15) is 9.90 Å². The first-order valence-corrected chi connectivity index (χ1v) is 7.50. The maximum Gasteiger partial charge on any atom is 0.336 e. The number of unbranched alkanes of at least 4 members (excludes halogenated alkanes) is 2. The highest BCUT2D eigenvalue weighted by atomic mass is 16.6. The first-order valence-electron chi connectivity index (χ1n) is 7.50. The third-order valence-electron chi connectivity index (χ3n) is 2.80. The van der Waals surface area contributed by atoms with Gasteiger partial charge in [-0.3, -0.25) is 0 Å². The van der Waals surface area contributed by atoms with Gasteiger partial charge in [-0.15, -0.1) is 0 Å². The van der Waals surface area contributed by atoms with Gasteiger partial charge in [0.15, 0.2) is 0 Å². The third kappa shape index (κ3) is 11.4. The highest BCUT2D eigenvalue weighted by Crippen LogP contribution is 2.13. The first kappa shape index (κ1) is 20.1. The van der Waals surface area contributed by atoms with E-state index in [1.807, 2.05) is 0 Å². The fourth-order valence-corrected chi connectivity index (χ4v) is 1.60. The van der Waals surface area contributed by atoms with Crippen LogP contribution in [-0.4, -0.2) is 48.7 Å². The van der Waals surface area contributed by atoms with Crippen LogP contribution in [0.5, 0.6) is 0 Å². The monoisotopic (exact) mass is 302 g/mol. The predicted octanol–water partition coefficient (Wildman–Crippen LogP) is 2.06. The molecule has 21 heavy (non-hydrogen) atoms. The summed E-state index contributed by atoms with van der Waals surface area (Å²) in [5.74, 6) is -0.580. The Hall–Kier alpha value is -0.910. The highest BCUT2D eigenvalue weighted by Gasteiger charge is 2.17. The number of aliphatic hydroxyl groups is 2. The molecule has 0 aromatic heterocycles. The summed E-state index contributed by atoms with van der Waals surface area (Å²) in [5.41, 5.74) is 0.160. The molecule has 5 nitrogen and oxygen atoms in total. The zero-order chi connectivity index (χ0) is 16.3. The lowest BCUT2D eigenvalue weighted by Gasteiger charge is -2.18. The van der Waals surface area contributed by atoms with E-state index < -0.39 is 12.1 Å². The van der Waals surface area contributed by atoms with Gasteiger partial charge in [0.25, 0.3) is 0 Å². The zero-order valence-electron chi connectivity index (χ0n) is 13.6. The Morgan fingerprint density at radius 2 is 1.86 bits per heavy atom. The molecule has 0 aromatic rings. The van der Waals surface area contributed by atoms with Gasteiger partial charge in [-0.2, -0.15) is 0 Å². The van der Waals surface area contributed by atoms with Crippen molar-refractivity contribution in [1.29, 1.82) is 0 Å². The van der Waals surface area contributed by atoms with Crippen molar-refractivity contribution in [3.63, 3.8) is 0 Å². The first-order chi connectivity index (χ1) is 9.78. The van der Waals surface area contributed by atoms with Crippen molar-refractivity contribution in [2.75, 3.05) is 26.4 Å². The average Bonchev–Trinajstić information content (AvgIpc) is 2.40. The SMILES string of the molecule is C=C(C(=O)OCCOCC(C)(C)C)C(O)CCCCCO. The Balaban J connectivity index is 3.76. The van der Waals surface area contributed by atoms with E-state index >= 15 is 0 Å². The van der Waals surface area contributed by atoms with Gasteiger partial charge >= 0.3 is 5.97 Å². The molecule has 0 saturated heterocycles. The average molecular weight is 302 g/mol. The van der Waals surface area contributed by atoms with Crippen molar-refractivity contribution in [2.45, 2.75) is 52.6 Å². The number of hydrogen-bond acceptors (Lipinski definition) is 5. The maximum absolute atomic E-state index is 11.7. The molecule has 0 fully saturated rings. The summed E-state index contributed by atoms with van der Waals surface area (Å²) < 4.78 is 10.4. The van der Waals surface area contributed by atoms with Crippen LogP contribution in [0.2, 0.25) is 0 Å². The summed E-state index contributed by atoms with van der Waals surface area (Å²) in [4.78, 5) is 11.7. The van der Waals surface area contributed by atoms with Gasteiger partial charge in [0.2, 0.25) is 0 Å². The highest BCUT2D eigenvalue weighted by molar-refractivity contribution is 5.88. The number of ether oxygens (including phenoxy) is 2. The third-order valence-corrected chi connectivity index (χ3v) is 2.80. The summed E-state index contributed by atoms with van der Waals surface area (Å²) in [5, 5.41) is 18.5. The normalized spacial score (nSPS) is 13.0. The minimum absolute atomic E-state index is 0.0785. The molecule has 0 bridgehead atoms. The van der Waals surface area contributed by atoms with E-state index in [-0.39, 0.29) is 24.2 Å². The van der Waals surface area contributed by atoms with Crippen LogP contribution in [-0.2, 0) is 14.3 Å². The largest absolute Gasteiger partial charge is 0.460 e. The molecule has 0 radical (unpaired) electrons. The lowest BCUT2D eigenvalue weighted by molar-refractivity contribution is -0.142. The molecule has 0 saturated carbocycles. The van der Waals surface area contributed by atoms with Gasteiger partial charge in [-0.1, -0.05) is 40.2 Å². The number of carbonyl (C=O) groups excluding carboxylic acids is 1. The molecule has 0 aliphatic heterocycles. The molecule has 0 amide bonds. The van der Waals surface area contributed by atoms with Crippen LogP contribution in [0.4, 0.5) is 0 Å². The number of aliphatic hydroxyl groups excluding tert-OH is 2. The van der Waals surface area contributed by atoms with Crippen LogP contribution in [0.3, 0.4) is 0 Å². The number of esters is 1. The fourth-order valence-electron chi connectivity index (χ4n) is 1.60. The second-order valence-electron chi connectivity index (χ2n) is 6.36. The quantitative estimate of drug-likeness (QED) is 0.347. The van der Waals surface area contributed by atoms with Crippen LogP contribution in [0.15, 0.2) is 12.2 Å². The van der Waals surface area contributed by atoms with E-state index in [2.05, 4.69) is 27.4 Å². The topological polar surface area (TPSA) is 76.0 Å². The summed E-state index contributed by atoms with van der Waals surface area (Å²) >= 11 is 0. The van der Waals surface area contributed by atoms with Crippen molar-refractivity contribution in [3.8, 4) is 0 Å². The van der Waals surface area contributed by atoms with Gasteiger partial charge in [-0.25, -0.2) is 4.79 Å². The smallest absolute Gasteiger partial charge is 0.336 e. The Labute approximate surface area is 128 Å². The minimum atomic E-state index is -0.883. The summed E-state index contributed by atoms with van der Waals surface area (Å²) in [6.07, 6.45) is 1.83. The predicted molar refractivity (Wildman–Crippen MR) is 81.9 cm³/mol. The molecule has 0 spiro atoms. The maximum atomic E-state index is 11.7. The van der Waals surface area contributed by atoms with Crippen LogP contribution in [0.1, 0.15) is 46.5 Å². The molecule has 124 valence electrons. The molecular formula is C16H30O5. The molecule has 1 atom stereocenters. The number of hydrogen-bond donors (Lipinski definition) is 2. The Morgan fingerprint density at radius 1 is 1.19 bits per heavy atom. The molecule has 5 heteroatoms. The molecule has 0 rings (SSSR count). The summed E-state index contributed by atoms with van der Waals surface area (Å²) in [6, 6.07) is 0. The van der Waals surface area contributed by atoms with Crippen LogP contribution in [0.25, 0.3) is 0 Å². The van der Waals surface area contributed by atoms with Crippen molar-refractivity contribution in [1.82, 2.24) is 0 Å². The molecular weight excluding hydrogens is 272 g/mol. The Bertz CT molecular complexity index is 306. The van der Waals surface area contributed by atoms with Crippen LogP contribution in [0, 0.1) is 5.41 Å². The Morgan fingerprint density at radius 3 is 2.43 bits per heavy atom. The van der Waals surface area contributed by atoms with Gasteiger partial charge in [0.1, 0.15) is 6.61 Å². The second kappa shape index (κ2) is 10.8. The van der Waals surface area contributed by atoms with Crippen molar-refractivity contribution < 1.29 is 24.5 Å². The minimum Gasteiger partial charge on any atom is -0.460 e. The Kier molecular flexibility index (Phi) is 10.3. The molecule has 0 aliphatic rings. The zero-order valence-corrected chi connectivity index (χ0v) is 13.6. The van der Waals surface area contributed by atoms with E-state index in [1.165, 1.54) is 0 Å². The lowest BCUT2D eigenvalue weighted by Crippen LogP contribution is -2.22. The van der Waals surface area contributed by atoms with Crippen LogP contribution >= 0.6 is 0 Å². The van der Waals surface area contributed by atoms with Crippen molar-refractivity contribution >= 4 is 5.97 Å². The van der Waals surface area contributed by atoms with Gasteiger partial charge in [0, 0.05) is 6.61 Å². The number of rotatable bonds is 11. The van der Waals surface area contributed by atoms with E-state index in [0.29, 0.717) is 26.1 Å². The second-order valence-corrected chi connectivity index (χ2v) is 6.36. The van der Waals surface area contributed by atoms with E-state index in [0.717, 1.165) is 12.8 Å². The van der Waals surface area contributed by atoms with Crippen molar-refractivity contribution in [3.05, 3.63) is 12.2 Å². The summed E-state index contributed by atoms with van der Waals surface area (Å²) in [6.45, 7) is 11.0. The molecule has 0 aliphatic carbocycles. The standard InChI is InChI=1S/C16H30O5/c1-13(14(18)8-6-5-7-9-17)15(19)21-11-10-20-12-16(2,3)4/h14,17-18H,1,5-12H2,2-4H3. The molecule has 0 heterocycles. The number of carbonyl (C=O) groups is 1. The molecule has 2 N–H and O–H groups in total. The molecule has 1 unspecified atom stereocenters. The van der Waals surface area contributed by atoms with Gasteiger partial charge in [0.05, 0.1) is 24.9 Å².